The molecule has 2 aromatic heterocycles. The standard InChI is InChI=1S/C22H30N4O3/c1-22(2,14-28-4)12-15(27)13-26(3)21-17-7-6-8-18(17)24-20(25-21)19-11-16(29-5)9-10-23-19/h9-11H,6-8,12-14H2,1-5H3. The van der Waals surface area contributed by atoms with Crippen molar-refractivity contribution in [1.82, 2.24) is 15.0 Å². The summed E-state index contributed by atoms with van der Waals surface area (Å²) in [4.78, 5) is 28.6. The lowest BCUT2D eigenvalue weighted by Gasteiger charge is -2.25. The second kappa shape index (κ2) is 8.86. The van der Waals surface area contributed by atoms with E-state index >= 15 is 0 Å². The first-order valence-electron chi connectivity index (χ1n) is 9.95. The number of nitrogens with zero attached hydrogens (tertiary/aromatic N) is 4. The lowest BCUT2D eigenvalue weighted by Crippen LogP contribution is -2.32. The van der Waals surface area contributed by atoms with Crippen molar-refractivity contribution >= 4 is 11.6 Å². The quantitative estimate of drug-likeness (QED) is 0.642. The number of likely N-dealkylation sites (N-methyl/N-ethyl adjacent to an activating group) is 1. The molecule has 0 bridgehead atoms. The highest BCUT2D eigenvalue weighted by molar-refractivity contribution is 5.84. The van der Waals surface area contributed by atoms with E-state index < -0.39 is 0 Å². The van der Waals surface area contributed by atoms with Crippen LogP contribution in [0.25, 0.3) is 11.5 Å². The van der Waals surface area contributed by atoms with Crippen LogP contribution in [0.2, 0.25) is 0 Å². The van der Waals surface area contributed by atoms with Crippen LogP contribution < -0.4 is 9.64 Å². The molecule has 0 N–H and O–H groups in total. The van der Waals surface area contributed by atoms with Crippen LogP contribution in [0.4, 0.5) is 5.82 Å². The van der Waals surface area contributed by atoms with E-state index in [1.807, 2.05) is 31.9 Å². The smallest absolute Gasteiger partial charge is 0.180 e. The lowest BCUT2D eigenvalue weighted by molar-refractivity contribution is -0.120. The molecule has 0 radical (unpaired) electrons. The predicted molar refractivity (Wildman–Crippen MR) is 112 cm³/mol. The Bertz CT molecular complexity index is 882. The predicted octanol–water partition coefficient (Wildman–Crippen LogP) is 3.10. The molecule has 0 fully saturated rings. The van der Waals surface area contributed by atoms with Gasteiger partial charge in [0.25, 0.3) is 0 Å². The average Bonchev–Trinajstić information content (AvgIpc) is 3.15. The highest BCUT2D eigenvalue weighted by Gasteiger charge is 2.26. The molecule has 0 aromatic carbocycles. The maximum atomic E-state index is 12.7. The summed E-state index contributed by atoms with van der Waals surface area (Å²) in [7, 11) is 5.21. The molecule has 156 valence electrons. The Morgan fingerprint density at radius 3 is 2.76 bits per heavy atom. The Kier molecular flexibility index (Phi) is 6.47. The summed E-state index contributed by atoms with van der Waals surface area (Å²) in [6, 6.07) is 3.63. The zero-order valence-corrected chi connectivity index (χ0v) is 18.0. The van der Waals surface area contributed by atoms with Crippen molar-refractivity contribution < 1.29 is 14.3 Å². The summed E-state index contributed by atoms with van der Waals surface area (Å²) < 4.78 is 10.5. The van der Waals surface area contributed by atoms with Gasteiger partial charge in [-0.25, -0.2) is 9.97 Å². The molecule has 3 rings (SSSR count). The number of aromatic nitrogens is 3. The molecule has 7 heteroatoms. The molecular formula is C22H30N4O3. The number of aryl methyl sites for hydroxylation is 1. The van der Waals surface area contributed by atoms with Gasteiger partial charge in [-0.2, -0.15) is 0 Å². The van der Waals surface area contributed by atoms with Crippen LogP contribution in [-0.4, -0.2) is 55.2 Å². The van der Waals surface area contributed by atoms with E-state index in [4.69, 9.17) is 19.4 Å². The van der Waals surface area contributed by atoms with Crippen LogP contribution in [0.1, 0.15) is 37.9 Å². The van der Waals surface area contributed by atoms with Gasteiger partial charge < -0.3 is 14.4 Å². The first kappa shape index (κ1) is 21.2. The number of rotatable bonds is 9. The minimum absolute atomic E-state index is 0.168. The van der Waals surface area contributed by atoms with E-state index in [9.17, 15) is 4.79 Å². The first-order valence-corrected chi connectivity index (χ1v) is 9.95. The van der Waals surface area contributed by atoms with E-state index in [-0.39, 0.29) is 11.2 Å². The van der Waals surface area contributed by atoms with Crippen LogP contribution in [0.5, 0.6) is 5.75 Å². The Morgan fingerprint density at radius 2 is 2.03 bits per heavy atom. The molecule has 2 aromatic rings. The Morgan fingerprint density at radius 1 is 1.24 bits per heavy atom. The van der Waals surface area contributed by atoms with Crippen molar-refractivity contribution in [3.8, 4) is 17.3 Å². The van der Waals surface area contributed by atoms with Gasteiger partial charge in [0, 0.05) is 44.1 Å². The highest BCUT2D eigenvalue weighted by Crippen LogP contribution is 2.31. The normalized spacial score (nSPS) is 13.3. The molecule has 1 aliphatic carbocycles. The van der Waals surface area contributed by atoms with E-state index in [0.29, 0.717) is 36.8 Å². The minimum Gasteiger partial charge on any atom is -0.497 e. The highest BCUT2D eigenvalue weighted by atomic mass is 16.5. The van der Waals surface area contributed by atoms with E-state index in [2.05, 4.69) is 4.98 Å². The number of fused-ring (bicyclic) bond motifs is 1. The molecule has 29 heavy (non-hydrogen) atoms. The van der Waals surface area contributed by atoms with Crippen molar-refractivity contribution in [2.24, 2.45) is 5.41 Å². The number of ether oxygens (including phenoxy) is 2. The molecule has 0 aliphatic heterocycles. The van der Waals surface area contributed by atoms with Crippen molar-refractivity contribution in [3.63, 3.8) is 0 Å². The third kappa shape index (κ3) is 5.09. The third-order valence-electron chi connectivity index (χ3n) is 5.09. The van der Waals surface area contributed by atoms with Gasteiger partial charge in [-0.1, -0.05) is 13.8 Å². The number of carbonyl (C=O) groups excluding carboxylic acids is 1. The van der Waals surface area contributed by atoms with Gasteiger partial charge in [0.15, 0.2) is 11.6 Å². The maximum absolute atomic E-state index is 12.7. The Hall–Kier alpha value is -2.54. The van der Waals surface area contributed by atoms with Gasteiger partial charge >= 0.3 is 0 Å². The fourth-order valence-corrected chi connectivity index (χ4v) is 3.87. The second-order valence-corrected chi connectivity index (χ2v) is 8.40. The van der Waals surface area contributed by atoms with Gasteiger partial charge in [0.2, 0.25) is 0 Å². The SMILES string of the molecule is COCC(C)(C)CC(=O)CN(C)c1nc(-c2cc(OC)ccn2)nc2c1CCC2. The first-order chi connectivity index (χ1) is 13.8. The van der Waals surface area contributed by atoms with Crippen molar-refractivity contribution in [2.45, 2.75) is 39.5 Å². The minimum atomic E-state index is -0.185. The summed E-state index contributed by atoms with van der Waals surface area (Å²) in [6.45, 7) is 4.95. The second-order valence-electron chi connectivity index (χ2n) is 8.40. The van der Waals surface area contributed by atoms with Gasteiger partial charge in [-0.05, 0) is 30.7 Å². The van der Waals surface area contributed by atoms with Crippen LogP contribution in [0.15, 0.2) is 18.3 Å². The third-order valence-corrected chi connectivity index (χ3v) is 5.09. The number of Topliss-reactive ketones (excluding diaryl/α,β-unsaturated/α-hetero) is 1. The van der Waals surface area contributed by atoms with Gasteiger partial charge in [0.1, 0.15) is 17.3 Å². The van der Waals surface area contributed by atoms with Crippen molar-refractivity contribution in [3.05, 3.63) is 29.6 Å². The topological polar surface area (TPSA) is 77.4 Å². The fraction of sp³-hybridized carbons (Fsp3) is 0.545. The largest absolute Gasteiger partial charge is 0.497 e. The molecule has 2 heterocycles. The zero-order valence-electron chi connectivity index (χ0n) is 18.0. The van der Waals surface area contributed by atoms with Crippen LogP contribution in [-0.2, 0) is 22.4 Å². The molecule has 0 saturated heterocycles. The van der Waals surface area contributed by atoms with Crippen LogP contribution in [0.3, 0.4) is 0 Å². The number of pyridine rings is 1. The molecular weight excluding hydrogens is 368 g/mol. The number of ketones is 1. The number of carbonyl (C=O) groups is 1. The Balaban J connectivity index is 1.86. The molecule has 7 nitrogen and oxygen atoms in total. The van der Waals surface area contributed by atoms with Crippen LogP contribution in [0, 0.1) is 5.41 Å². The number of anilines is 1. The monoisotopic (exact) mass is 398 g/mol. The summed E-state index contributed by atoms with van der Waals surface area (Å²) in [6.07, 6.45) is 5.06. The van der Waals surface area contributed by atoms with Crippen molar-refractivity contribution in [1.29, 1.82) is 0 Å². The van der Waals surface area contributed by atoms with E-state index in [1.165, 1.54) is 0 Å². The van der Waals surface area contributed by atoms with E-state index in [1.54, 1.807) is 26.5 Å². The molecule has 0 atom stereocenters. The molecule has 0 unspecified atom stereocenters. The van der Waals surface area contributed by atoms with Gasteiger partial charge in [0.05, 0.1) is 20.3 Å². The number of methoxy groups -OCH3 is 2. The number of hydrogen-bond donors (Lipinski definition) is 0. The van der Waals surface area contributed by atoms with Crippen LogP contribution >= 0.6 is 0 Å². The van der Waals surface area contributed by atoms with Crippen molar-refractivity contribution in [2.75, 3.05) is 39.3 Å². The average molecular weight is 399 g/mol. The maximum Gasteiger partial charge on any atom is 0.180 e. The molecule has 0 spiro atoms. The summed E-state index contributed by atoms with van der Waals surface area (Å²) in [5.74, 6) is 2.27. The number of hydrogen-bond acceptors (Lipinski definition) is 7. The summed E-state index contributed by atoms with van der Waals surface area (Å²) in [5.41, 5.74) is 2.67. The fourth-order valence-electron chi connectivity index (χ4n) is 3.87. The van der Waals surface area contributed by atoms with E-state index in [0.717, 1.165) is 36.3 Å². The zero-order chi connectivity index (χ0) is 21.0. The summed E-state index contributed by atoms with van der Waals surface area (Å²) >= 11 is 0. The Labute approximate surface area is 172 Å². The molecule has 0 saturated carbocycles. The lowest BCUT2D eigenvalue weighted by atomic mass is 9.88. The summed E-state index contributed by atoms with van der Waals surface area (Å²) in [5, 5.41) is 0. The van der Waals surface area contributed by atoms with Gasteiger partial charge in [-0.15, -0.1) is 0 Å². The molecule has 1 aliphatic rings. The van der Waals surface area contributed by atoms with Gasteiger partial charge in [-0.3, -0.25) is 9.78 Å². The molecule has 0 amide bonds.